The molecule has 0 radical (unpaired) electrons. The van der Waals surface area contributed by atoms with Crippen molar-refractivity contribution < 1.29 is 24.4 Å². The minimum Gasteiger partial charge on any atom is -0.481 e. The highest BCUT2D eigenvalue weighted by atomic mass is 31.1. The molecule has 7 heteroatoms. The van der Waals surface area contributed by atoms with Crippen LogP contribution in [-0.2, 0) is 31.4 Å². The predicted molar refractivity (Wildman–Crippen MR) is 113 cm³/mol. The molecule has 0 saturated heterocycles. The van der Waals surface area contributed by atoms with Gasteiger partial charge in [-0.25, -0.2) is 0 Å². The Hall–Kier alpha value is -1.78. The van der Waals surface area contributed by atoms with Crippen LogP contribution in [0.25, 0.3) is 0 Å². The minimum absolute atomic E-state index is 0.0183. The molecule has 29 heavy (non-hydrogen) atoms. The Kier molecular flexibility index (Phi) is 6.61. The number of carbonyl (C=O) groups excluding carboxylic acids is 1. The van der Waals surface area contributed by atoms with E-state index in [1.54, 1.807) is 0 Å². The van der Waals surface area contributed by atoms with Crippen LogP contribution in [0.5, 0.6) is 0 Å². The van der Waals surface area contributed by atoms with Crippen LogP contribution >= 0.6 is 8.46 Å². The summed E-state index contributed by atoms with van der Waals surface area (Å²) in [6.07, 6.45) is 0.652. The standard InChI is InChI=1S/C22H32NO5P/c1-13-11-20(2,3)15-7-6-14(10-17(15)21(13,4)5)12-22(27,29-28)16(19(25)26)8-9-18(23)24/h6-7,10,13,16,27H,8-9,11-12H2,1-5H3,(H2,23,24)(H,25,26)/p+1. The van der Waals surface area contributed by atoms with Crippen LogP contribution in [-0.4, -0.2) is 27.4 Å². The summed E-state index contributed by atoms with van der Waals surface area (Å²) in [6.45, 7) is 11.1. The van der Waals surface area contributed by atoms with E-state index in [4.69, 9.17) is 5.73 Å². The van der Waals surface area contributed by atoms with E-state index < -0.39 is 31.6 Å². The molecule has 1 amide bonds. The molecule has 1 aromatic rings. The summed E-state index contributed by atoms with van der Waals surface area (Å²) in [4.78, 5) is 22.8. The first-order valence-electron chi connectivity index (χ1n) is 10.0. The van der Waals surface area contributed by atoms with Gasteiger partial charge in [0.2, 0.25) is 5.91 Å². The minimum atomic E-state index is -1.96. The van der Waals surface area contributed by atoms with E-state index in [2.05, 4.69) is 34.6 Å². The SMILES string of the molecule is CC1CC(C)(C)c2ccc(CC(O)([PH+]=O)C(CCC(N)=O)C(=O)O)cc2C1(C)C. The van der Waals surface area contributed by atoms with Gasteiger partial charge < -0.3 is 15.9 Å². The van der Waals surface area contributed by atoms with Crippen molar-refractivity contribution in [3.63, 3.8) is 0 Å². The topological polar surface area (TPSA) is 118 Å². The third-order valence-corrected chi connectivity index (χ3v) is 7.64. The summed E-state index contributed by atoms with van der Waals surface area (Å²) >= 11 is 0. The quantitative estimate of drug-likeness (QED) is 0.554. The van der Waals surface area contributed by atoms with Gasteiger partial charge in [-0.1, -0.05) is 57.4 Å². The maximum absolute atomic E-state index is 11.9. The van der Waals surface area contributed by atoms with Crippen LogP contribution in [0.4, 0.5) is 0 Å². The van der Waals surface area contributed by atoms with Crippen LogP contribution in [0.2, 0.25) is 0 Å². The highest BCUT2D eigenvalue weighted by molar-refractivity contribution is 7.25. The Morgan fingerprint density at radius 1 is 1.28 bits per heavy atom. The van der Waals surface area contributed by atoms with Crippen molar-refractivity contribution in [2.24, 2.45) is 17.6 Å². The Morgan fingerprint density at radius 3 is 2.41 bits per heavy atom. The van der Waals surface area contributed by atoms with E-state index in [9.17, 15) is 24.4 Å². The Labute approximate surface area is 174 Å². The molecule has 2 rings (SSSR count). The third kappa shape index (κ3) is 4.70. The second-order valence-corrected chi connectivity index (χ2v) is 10.8. The number of fused-ring (bicyclic) bond motifs is 1. The summed E-state index contributed by atoms with van der Waals surface area (Å²) in [5, 5.41) is 18.6. The summed E-state index contributed by atoms with van der Waals surface area (Å²) < 4.78 is 11.9. The van der Waals surface area contributed by atoms with E-state index in [0.717, 1.165) is 12.0 Å². The summed E-state index contributed by atoms with van der Waals surface area (Å²) in [6, 6.07) is 5.95. The summed E-state index contributed by atoms with van der Waals surface area (Å²) in [7, 11) is -1.24. The van der Waals surface area contributed by atoms with Gasteiger partial charge in [-0.15, -0.1) is 0 Å². The zero-order valence-electron chi connectivity index (χ0n) is 17.9. The molecule has 4 atom stereocenters. The highest BCUT2D eigenvalue weighted by Crippen LogP contribution is 2.49. The molecule has 160 valence electrons. The molecule has 1 aliphatic carbocycles. The molecular weight excluding hydrogens is 389 g/mol. The Morgan fingerprint density at radius 2 is 1.90 bits per heavy atom. The first kappa shape index (κ1) is 23.5. The Bertz CT molecular complexity index is 819. The number of hydrogen-bond acceptors (Lipinski definition) is 4. The summed E-state index contributed by atoms with van der Waals surface area (Å²) in [5.41, 5.74) is 8.24. The van der Waals surface area contributed by atoms with Crippen LogP contribution in [0.1, 0.15) is 70.6 Å². The number of carboxylic acids is 1. The van der Waals surface area contributed by atoms with Gasteiger partial charge in [0.25, 0.3) is 5.34 Å². The van der Waals surface area contributed by atoms with Crippen molar-refractivity contribution in [3.8, 4) is 0 Å². The lowest BCUT2D eigenvalue weighted by Gasteiger charge is -2.46. The van der Waals surface area contributed by atoms with Gasteiger partial charge in [-0.05, 0) is 46.3 Å². The fraction of sp³-hybridized carbons (Fsp3) is 0.636. The lowest BCUT2D eigenvalue weighted by atomic mass is 9.58. The van der Waals surface area contributed by atoms with Gasteiger partial charge in [0.15, 0.2) is 0 Å². The van der Waals surface area contributed by atoms with E-state index in [0.29, 0.717) is 5.92 Å². The maximum Gasteiger partial charge on any atom is 0.360 e. The van der Waals surface area contributed by atoms with Crippen LogP contribution in [0.3, 0.4) is 0 Å². The maximum atomic E-state index is 11.9. The second-order valence-electron chi connectivity index (χ2n) is 9.69. The van der Waals surface area contributed by atoms with Gasteiger partial charge in [0.05, 0.1) is 0 Å². The molecule has 0 heterocycles. The number of nitrogens with two attached hydrogens (primary N) is 1. The molecule has 0 aliphatic heterocycles. The second kappa shape index (κ2) is 8.16. The lowest BCUT2D eigenvalue weighted by Crippen LogP contribution is -2.41. The Balaban J connectivity index is 2.44. The average Bonchev–Trinajstić information content (AvgIpc) is 2.59. The normalized spacial score (nSPS) is 23.0. The van der Waals surface area contributed by atoms with Crippen LogP contribution in [0.15, 0.2) is 18.2 Å². The van der Waals surface area contributed by atoms with E-state index in [1.165, 1.54) is 11.1 Å². The fourth-order valence-electron chi connectivity index (χ4n) is 4.62. The molecule has 0 bridgehead atoms. The largest absolute Gasteiger partial charge is 0.481 e. The number of amides is 1. The monoisotopic (exact) mass is 422 g/mol. The lowest BCUT2D eigenvalue weighted by molar-refractivity contribution is -0.147. The smallest absolute Gasteiger partial charge is 0.360 e. The molecule has 0 aromatic heterocycles. The van der Waals surface area contributed by atoms with Crippen molar-refractivity contribution in [2.45, 2.75) is 76.5 Å². The molecule has 0 fully saturated rings. The number of benzene rings is 1. The van der Waals surface area contributed by atoms with Crippen molar-refractivity contribution in [1.29, 1.82) is 0 Å². The van der Waals surface area contributed by atoms with Gasteiger partial charge in [0, 0.05) is 12.8 Å². The fourth-order valence-corrected chi connectivity index (χ4v) is 5.30. The molecule has 4 N–H and O–H groups in total. The molecule has 0 saturated carbocycles. The number of aliphatic carboxylic acids is 1. The first-order chi connectivity index (χ1) is 13.2. The van der Waals surface area contributed by atoms with Gasteiger partial charge in [-0.2, -0.15) is 0 Å². The first-order valence-corrected chi connectivity index (χ1v) is 10.9. The van der Waals surface area contributed by atoms with Crippen LogP contribution in [0, 0.1) is 11.8 Å². The van der Waals surface area contributed by atoms with Crippen molar-refractivity contribution in [3.05, 3.63) is 34.9 Å². The van der Waals surface area contributed by atoms with Crippen molar-refractivity contribution in [2.75, 3.05) is 0 Å². The van der Waals surface area contributed by atoms with E-state index in [-0.39, 0.29) is 30.1 Å². The van der Waals surface area contributed by atoms with E-state index >= 15 is 0 Å². The molecule has 6 nitrogen and oxygen atoms in total. The van der Waals surface area contributed by atoms with Crippen molar-refractivity contribution in [1.82, 2.24) is 0 Å². The predicted octanol–water partition coefficient (Wildman–Crippen LogP) is 3.50. The molecular formula is C22H33NO5P+. The number of carbonyl (C=O) groups is 2. The number of carboxylic acid groups (broad SMARTS) is 1. The highest BCUT2D eigenvalue weighted by Gasteiger charge is 2.50. The molecule has 4 unspecified atom stereocenters. The van der Waals surface area contributed by atoms with Crippen LogP contribution < -0.4 is 5.73 Å². The van der Waals surface area contributed by atoms with Gasteiger partial charge >= 0.3 is 14.4 Å². The number of primary amides is 1. The zero-order valence-corrected chi connectivity index (χ0v) is 18.9. The average molecular weight is 422 g/mol. The zero-order chi connectivity index (χ0) is 22.2. The van der Waals surface area contributed by atoms with Gasteiger partial charge in [0.1, 0.15) is 5.92 Å². The summed E-state index contributed by atoms with van der Waals surface area (Å²) in [5.74, 6) is -2.84. The molecule has 1 aromatic carbocycles. The van der Waals surface area contributed by atoms with E-state index in [1.807, 2.05) is 18.2 Å². The number of aliphatic hydroxyl groups is 1. The molecule has 1 aliphatic rings. The number of hydrogen-bond donors (Lipinski definition) is 3. The molecule has 0 spiro atoms. The van der Waals surface area contributed by atoms with Gasteiger partial charge in [-0.3, -0.25) is 9.59 Å². The number of rotatable bonds is 8. The van der Waals surface area contributed by atoms with Crippen molar-refractivity contribution >= 4 is 20.3 Å². The third-order valence-electron chi connectivity index (χ3n) is 6.76.